The molecule has 1 spiro atoms. The van der Waals surface area contributed by atoms with E-state index in [0.29, 0.717) is 0 Å². The van der Waals surface area contributed by atoms with Crippen molar-refractivity contribution < 1.29 is 46.0 Å². The molecule has 2 saturated heterocycles. The van der Waals surface area contributed by atoms with Gasteiger partial charge in [0.15, 0.2) is 0 Å². The van der Waals surface area contributed by atoms with Gasteiger partial charge in [0.1, 0.15) is 0 Å². The van der Waals surface area contributed by atoms with Crippen LogP contribution in [0.4, 0.5) is 0 Å². The van der Waals surface area contributed by atoms with Gasteiger partial charge < -0.3 is 46.0 Å². The Kier molecular flexibility index (Phi) is 5.31. The van der Waals surface area contributed by atoms with Crippen molar-refractivity contribution in [2.24, 2.45) is 0 Å². The molecule has 0 amide bonds. The Morgan fingerprint density at radius 3 is 1.05 bits per heavy atom. The van der Waals surface area contributed by atoms with Crippen LogP contribution in [0.5, 0.6) is 0 Å². The van der Waals surface area contributed by atoms with Gasteiger partial charge in [-0.25, -0.2) is 0 Å². The lowest BCUT2D eigenvalue weighted by Gasteiger charge is -2.51. The monoisotopic (exact) mass is 275 g/mol. The van der Waals surface area contributed by atoms with Crippen LogP contribution < -0.4 is 0 Å². The Labute approximate surface area is 111 Å². The standard InChI is InChI=1S/C4H12B5O10/c1-10-5-14-6(11-2)17-9(16-5)18-7(12-3)15-8(13-4)19-9/h1-4H3/q-1. The molecule has 0 aliphatic carbocycles. The summed E-state index contributed by atoms with van der Waals surface area (Å²) in [6.45, 7) is -2.75. The third-order valence-electron chi connectivity index (χ3n) is 2.33. The summed E-state index contributed by atoms with van der Waals surface area (Å²) in [6, 6.07) is 0. The molecule has 0 saturated carbocycles. The highest BCUT2D eigenvalue weighted by Gasteiger charge is 2.55. The highest BCUT2D eigenvalue weighted by Crippen LogP contribution is 2.26. The van der Waals surface area contributed by atoms with E-state index in [1.807, 2.05) is 0 Å². The second kappa shape index (κ2) is 6.58. The molecular weight excluding hydrogens is 262 g/mol. The fourth-order valence-electron chi connectivity index (χ4n) is 1.49. The first-order valence-electron chi connectivity index (χ1n) is 5.40. The molecule has 10 nitrogen and oxygen atoms in total. The van der Waals surface area contributed by atoms with Crippen LogP contribution in [0.15, 0.2) is 0 Å². The summed E-state index contributed by atoms with van der Waals surface area (Å²) in [4.78, 5) is 0. The smallest absolute Gasteiger partial charge is 0.539 e. The zero-order chi connectivity index (χ0) is 13.9. The quantitative estimate of drug-likeness (QED) is 0.540. The molecule has 0 radical (unpaired) electrons. The van der Waals surface area contributed by atoms with Crippen molar-refractivity contribution in [3.8, 4) is 0 Å². The molecule has 0 N–H and O–H groups in total. The van der Waals surface area contributed by atoms with Crippen LogP contribution in [0.25, 0.3) is 0 Å². The average molecular weight is 274 g/mol. The van der Waals surface area contributed by atoms with Gasteiger partial charge in [0.25, 0.3) is 0 Å². The third kappa shape index (κ3) is 3.52. The summed E-state index contributed by atoms with van der Waals surface area (Å²) in [5.41, 5.74) is 0. The van der Waals surface area contributed by atoms with Crippen LogP contribution in [-0.4, -0.2) is 64.7 Å². The van der Waals surface area contributed by atoms with Crippen LogP contribution in [0, 0.1) is 0 Å². The molecule has 2 aliphatic rings. The van der Waals surface area contributed by atoms with Crippen molar-refractivity contribution in [3.63, 3.8) is 0 Å². The second-order valence-corrected chi connectivity index (χ2v) is 3.49. The molecule has 0 bridgehead atoms. The number of hydrogen-bond acceptors (Lipinski definition) is 10. The average Bonchev–Trinajstić information content (AvgIpc) is 2.45. The zero-order valence-electron chi connectivity index (χ0n) is 11.0. The molecule has 19 heavy (non-hydrogen) atoms. The van der Waals surface area contributed by atoms with Gasteiger partial charge >= 0.3 is 36.2 Å². The van der Waals surface area contributed by atoms with E-state index >= 15 is 0 Å². The molecule has 0 unspecified atom stereocenters. The van der Waals surface area contributed by atoms with Gasteiger partial charge in [-0.3, -0.25) is 0 Å². The molecule has 2 rings (SSSR count). The number of rotatable bonds is 4. The van der Waals surface area contributed by atoms with E-state index in [1.165, 1.54) is 28.4 Å². The maximum absolute atomic E-state index is 5.29. The molecule has 104 valence electrons. The largest absolute Gasteiger partial charge is 0.585 e. The van der Waals surface area contributed by atoms with E-state index in [-0.39, 0.29) is 0 Å². The van der Waals surface area contributed by atoms with Crippen LogP contribution in [-0.2, 0) is 46.0 Å². The maximum atomic E-state index is 5.29. The molecular formula is C4H12B5O10-. The summed E-state index contributed by atoms with van der Waals surface area (Å²) < 4.78 is 51.0. The summed E-state index contributed by atoms with van der Waals surface area (Å²) in [5, 5.41) is 0. The lowest BCUT2D eigenvalue weighted by molar-refractivity contribution is 0.000292. The van der Waals surface area contributed by atoms with Crippen molar-refractivity contribution in [1.82, 2.24) is 0 Å². The molecule has 0 aromatic carbocycles. The van der Waals surface area contributed by atoms with Crippen molar-refractivity contribution in [3.05, 3.63) is 0 Å². The maximum Gasteiger partial charge on any atom is 0.585 e. The summed E-state index contributed by atoms with van der Waals surface area (Å²) in [5.74, 6) is 0. The van der Waals surface area contributed by atoms with E-state index in [4.69, 9.17) is 46.0 Å². The molecule has 15 heteroatoms. The minimum Gasteiger partial charge on any atom is -0.539 e. The Hall–Kier alpha value is -0.0753. The van der Waals surface area contributed by atoms with Gasteiger partial charge in [0, 0.05) is 28.4 Å². The summed E-state index contributed by atoms with van der Waals surface area (Å²) >= 11 is 0. The summed E-state index contributed by atoms with van der Waals surface area (Å²) in [6.07, 6.45) is 0. The number of hydrogen-bond donors (Lipinski definition) is 0. The molecule has 0 atom stereocenters. The van der Waals surface area contributed by atoms with Gasteiger partial charge in [0.05, 0.1) is 0 Å². The van der Waals surface area contributed by atoms with E-state index in [1.54, 1.807) is 0 Å². The first kappa shape index (κ1) is 15.3. The SMILES string of the molecule is COB1OB(OC)O[B-]2(O1)OB(OC)OB(OC)O2. The molecule has 2 heterocycles. The van der Waals surface area contributed by atoms with E-state index < -0.39 is 36.2 Å². The minimum atomic E-state index is -2.75. The van der Waals surface area contributed by atoms with Crippen molar-refractivity contribution in [2.45, 2.75) is 0 Å². The molecule has 0 aromatic heterocycles. The van der Waals surface area contributed by atoms with E-state index in [9.17, 15) is 0 Å². The normalized spacial score (nSPS) is 23.4. The lowest BCUT2D eigenvalue weighted by atomic mass is 9.83. The minimum absolute atomic E-state index is 1.10. The van der Waals surface area contributed by atoms with Crippen molar-refractivity contribution in [1.29, 1.82) is 0 Å². The third-order valence-corrected chi connectivity index (χ3v) is 2.33. The highest BCUT2D eigenvalue weighted by atomic mass is 17.0. The second-order valence-electron chi connectivity index (χ2n) is 3.49. The Bertz CT molecular complexity index is 240. The van der Waals surface area contributed by atoms with E-state index in [2.05, 4.69) is 0 Å². The van der Waals surface area contributed by atoms with Gasteiger partial charge in [-0.15, -0.1) is 0 Å². The van der Waals surface area contributed by atoms with E-state index in [0.717, 1.165) is 0 Å². The van der Waals surface area contributed by atoms with Crippen LogP contribution in [0.2, 0.25) is 0 Å². The Balaban J connectivity index is 2.13. The Morgan fingerprint density at radius 1 is 0.579 bits per heavy atom. The van der Waals surface area contributed by atoms with Gasteiger partial charge in [-0.05, 0) is 0 Å². The summed E-state index contributed by atoms with van der Waals surface area (Å²) in [7, 11) is 1.05. The molecule has 0 aromatic rings. The van der Waals surface area contributed by atoms with Gasteiger partial charge in [-0.2, -0.15) is 0 Å². The topological polar surface area (TPSA) is 92.3 Å². The van der Waals surface area contributed by atoms with Crippen LogP contribution >= 0.6 is 0 Å². The van der Waals surface area contributed by atoms with Crippen LogP contribution in [0.1, 0.15) is 0 Å². The predicted molar refractivity (Wildman–Crippen MR) is 63.3 cm³/mol. The highest BCUT2D eigenvalue weighted by molar-refractivity contribution is 6.81. The zero-order valence-corrected chi connectivity index (χ0v) is 11.0. The lowest BCUT2D eigenvalue weighted by Crippen LogP contribution is -2.70. The first-order chi connectivity index (χ1) is 9.14. The molecule has 2 aliphatic heterocycles. The van der Waals surface area contributed by atoms with Crippen molar-refractivity contribution >= 4 is 36.2 Å². The fraction of sp³-hybridized carbons (Fsp3) is 1.00. The molecule has 2 fully saturated rings. The first-order valence-corrected chi connectivity index (χ1v) is 5.40. The van der Waals surface area contributed by atoms with Gasteiger partial charge in [0.2, 0.25) is 0 Å². The predicted octanol–water partition coefficient (Wildman–Crippen LogP) is -1.93. The van der Waals surface area contributed by atoms with Crippen molar-refractivity contribution in [2.75, 3.05) is 28.4 Å². The Morgan fingerprint density at radius 2 is 0.842 bits per heavy atom. The fourth-order valence-corrected chi connectivity index (χ4v) is 1.49. The van der Waals surface area contributed by atoms with Gasteiger partial charge in [-0.1, -0.05) is 0 Å². The van der Waals surface area contributed by atoms with Crippen LogP contribution in [0.3, 0.4) is 0 Å².